The van der Waals surface area contributed by atoms with Crippen LogP contribution in [0, 0.1) is 11.3 Å². The Balaban J connectivity index is 2.06. The molecule has 2 nitrogen and oxygen atoms in total. The predicted molar refractivity (Wildman–Crippen MR) is 79.8 cm³/mol. The third-order valence-electron chi connectivity index (χ3n) is 5.04. The van der Waals surface area contributed by atoms with Gasteiger partial charge in [0.25, 0.3) is 0 Å². The molecule has 0 spiro atoms. The first-order valence-electron chi connectivity index (χ1n) is 7.14. The minimum Gasteiger partial charge on any atom is -0.497 e. The minimum absolute atomic E-state index is 0.354. The number of methoxy groups -OCH3 is 1. The molecule has 1 aromatic carbocycles. The van der Waals surface area contributed by atoms with Crippen LogP contribution in [0.5, 0.6) is 5.75 Å². The molecule has 2 aliphatic rings. The molecule has 2 heteroatoms. The Morgan fingerprint density at radius 2 is 2.21 bits per heavy atom. The fourth-order valence-corrected chi connectivity index (χ4v) is 3.91. The highest BCUT2D eigenvalue weighted by Crippen LogP contribution is 2.53. The van der Waals surface area contributed by atoms with Crippen LogP contribution in [-0.2, 0) is 0 Å². The molecule has 3 rings (SSSR count). The Morgan fingerprint density at radius 3 is 2.89 bits per heavy atom. The molecule has 3 atom stereocenters. The fourth-order valence-electron chi connectivity index (χ4n) is 3.91. The van der Waals surface area contributed by atoms with E-state index in [2.05, 4.69) is 50.0 Å². The number of fused-ring (bicyclic) bond motifs is 2. The second kappa shape index (κ2) is 4.29. The maximum Gasteiger partial charge on any atom is 0.120 e. The van der Waals surface area contributed by atoms with Gasteiger partial charge in [0.15, 0.2) is 0 Å². The standard InChI is InChI=1S/C17H23NO/c1-5-12-13-7-6-11(19-4)10-15(13)18-16-14(12)8-9-17(16,2)3/h5-7,10,12,14,16,18H,1,8-9H2,2-4H3/t12-,14+,16+/m0/s1. The average molecular weight is 257 g/mol. The average Bonchev–Trinajstić information content (AvgIpc) is 2.71. The van der Waals surface area contributed by atoms with Crippen molar-refractivity contribution in [1.29, 1.82) is 0 Å². The molecule has 19 heavy (non-hydrogen) atoms. The van der Waals surface area contributed by atoms with Crippen LogP contribution in [0.15, 0.2) is 30.9 Å². The number of hydrogen-bond acceptors (Lipinski definition) is 2. The van der Waals surface area contributed by atoms with Crippen LogP contribution in [0.4, 0.5) is 5.69 Å². The molecule has 1 heterocycles. The van der Waals surface area contributed by atoms with Crippen LogP contribution in [0.25, 0.3) is 0 Å². The van der Waals surface area contributed by atoms with E-state index in [4.69, 9.17) is 4.74 Å². The molecule has 1 aliphatic carbocycles. The van der Waals surface area contributed by atoms with E-state index >= 15 is 0 Å². The van der Waals surface area contributed by atoms with Gasteiger partial charge in [-0.3, -0.25) is 0 Å². The summed E-state index contributed by atoms with van der Waals surface area (Å²) in [6, 6.07) is 6.90. The van der Waals surface area contributed by atoms with Gasteiger partial charge < -0.3 is 10.1 Å². The number of hydrogen-bond donors (Lipinski definition) is 1. The maximum absolute atomic E-state index is 5.35. The monoisotopic (exact) mass is 257 g/mol. The van der Waals surface area contributed by atoms with E-state index in [0.29, 0.717) is 23.3 Å². The zero-order chi connectivity index (χ0) is 13.6. The summed E-state index contributed by atoms with van der Waals surface area (Å²) in [5, 5.41) is 3.76. The largest absolute Gasteiger partial charge is 0.497 e. The van der Waals surface area contributed by atoms with Crippen molar-refractivity contribution in [2.45, 2.75) is 38.6 Å². The van der Waals surface area contributed by atoms with Crippen LogP contribution in [0.1, 0.15) is 38.2 Å². The lowest BCUT2D eigenvalue weighted by atomic mass is 9.74. The quantitative estimate of drug-likeness (QED) is 0.802. The van der Waals surface area contributed by atoms with Gasteiger partial charge in [0, 0.05) is 23.7 Å². The van der Waals surface area contributed by atoms with Gasteiger partial charge in [0.05, 0.1) is 7.11 Å². The Hall–Kier alpha value is -1.44. The molecule has 0 saturated heterocycles. The first-order chi connectivity index (χ1) is 9.06. The van der Waals surface area contributed by atoms with Gasteiger partial charge in [0.2, 0.25) is 0 Å². The number of rotatable bonds is 2. The first-order valence-corrected chi connectivity index (χ1v) is 7.14. The summed E-state index contributed by atoms with van der Waals surface area (Å²) in [6.45, 7) is 8.82. The van der Waals surface area contributed by atoms with Crippen LogP contribution in [0.3, 0.4) is 0 Å². The maximum atomic E-state index is 5.35. The molecule has 0 aromatic heterocycles. The molecule has 1 aliphatic heterocycles. The lowest BCUT2D eigenvalue weighted by Crippen LogP contribution is -2.41. The van der Waals surface area contributed by atoms with Gasteiger partial charge in [0.1, 0.15) is 5.75 Å². The topological polar surface area (TPSA) is 21.3 Å². The van der Waals surface area contributed by atoms with E-state index in [1.807, 2.05) is 0 Å². The fraction of sp³-hybridized carbons (Fsp3) is 0.529. The Labute approximate surface area is 115 Å². The van der Waals surface area contributed by atoms with Gasteiger partial charge in [-0.25, -0.2) is 0 Å². The Morgan fingerprint density at radius 1 is 1.42 bits per heavy atom. The van der Waals surface area contributed by atoms with Crippen LogP contribution >= 0.6 is 0 Å². The summed E-state index contributed by atoms with van der Waals surface area (Å²) in [7, 11) is 1.72. The highest BCUT2D eigenvalue weighted by atomic mass is 16.5. The SMILES string of the molecule is C=C[C@H]1c2ccc(OC)cc2N[C@@H]2[C@@H]1CCC2(C)C. The molecule has 0 bridgehead atoms. The van der Waals surface area contributed by atoms with Gasteiger partial charge in [-0.2, -0.15) is 0 Å². The lowest BCUT2D eigenvalue weighted by Gasteiger charge is -2.41. The van der Waals surface area contributed by atoms with Gasteiger partial charge in [-0.05, 0) is 35.8 Å². The van der Waals surface area contributed by atoms with E-state index in [1.165, 1.54) is 24.1 Å². The molecule has 0 amide bonds. The highest BCUT2D eigenvalue weighted by Gasteiger charge is 2.47. The highest BCUT2D eigenvalue weighted by molar-refractivity contribution is 5.61. The molecular formula is C17H23NO. The summed E-state index contributed by atoms with van der Waals surface area (Å²) in [4.78, 5) is 0. The van der Waals surface area contributed by atoms with Gasteiger partial charge >= 0.3 is 0 Å². The predicted octanol–water partition coefficient (Wildman–Crippen LogP) is 4.20. The van der Waals surface area contributed by atoms with Crippen molar-refractivity contribution >= 4 is 5.69 Å². The Bertz CT molecular complexity index is 506. The lowest BCUT2D eigenvalue weighted by molar-refractivity contribution is 0.304. The van der Waals surface area contributed by atoms with Crippen LogP contribution in [0.2, 0.25) is 0 Å². The van der Waals surface area contributed by atoms with Crippen molar-refractivity contribution in [2.75, 3.05) is 12.4 Å². The molecule has 1 saturated carbocycles. The van der Waals surface area contributed by atoms with Crippen LogP contribution < -0.4 is 10.1 Å². The Kier molecular flexibility index (Phi) is 2.84. The normalized spacial score (nSPS) is 31.0. The summed E-state index contributed by atoms with van der Waals surface area (Å²) >= 11 is 0. The molecule has 0 unspecified atom stereocenters. The molecule has 102 valence electrons. The molecule has 1 fully saturated rings. The molecular weight excluding hydrogens is 234 g/mol. The number of nitrogens with one attached hydrogen (secondary N) is 1. The number of anilines is 1. The first kappa shape index (κ1) is 12.6. The number of ether oxygens (including phenoxy) is 1. The third kappa shape index (κ3) is 1.85. The molecule has 0 radical (unpaired) electrons. The summed E-state index contributed by atoms with van der Waals surface area (Å²) in [5.74, 6) is 2.06. The van der Waals surface area contributed by atoms with E-state index in [0.717, 1.165) is 5.75 Å². The van der Waals surface area contributed by atoms with Crippen molar-refractivity contribution in [3.8, 4) is 5.75 Å². The molecule has 1 aromatic rings. The van der Waals surface area contributed by atoms with Crippen molar-refractivity contribution in [2.24, 2.45) is 11.3 Å². The minimum atomic E-state index is 0.354. The summed E-state index contributed by atoms with van der Waals surface area (Å²) in [5.41, 5.74) is 2.95. The number of allylic oxidation sites excluding steroid dienone is 1. The van der Waals surface area contributed by atoms with Crippen molar-refractivity contribution in [3.05, 3.63) is 36.4 Å². The van der Waals surface area contributed by atoms with Crippen molar-refractivity contribution in [3.63, 3.8) is 0 Å². The van der Waals surface area contributed by atoms with Crippen LogP contribution in [-0.4, -0.2) is 13.2 Å². The van der Waals surface area contributed by atoms with E-state index in [-0.39, 0.29) is 0 Å². The summed E-state index contributed by atoms with van der Waals surface area (Å²) in [6.07, 6.45) is 4.70. The third-order valence-corrected chi connectivity index (χ3v) is 5.04. The van der Waals surface area contributed by atoms with Crippen molar-refractivity contribution in [1.82, 2.24) is 0 Å². The second-order valence-electron chi connectivity index (χ2n) is 6.53. The summed E-state index contributed by atoms with van der Waals surface area (Å²) < 4.78 is 5.35. The smallest absolute Gasteiger partial charge is 0.120 e. The zero-order valence-corrected chi connectivity index (χ0v) is 12.1. The number of benzene rings is 1. The van der Waals surface area contributed by atoms with Gasteiger partial charge in [-0.1, -0.05) is 26.0 Å². The van der Waals surface area contributed by atoms with Crippen molar-refractivity contribution < 1.29 is 4.74 Å². The van der Waals surface area contributed by atoms with Gasteiger partial charge in [-0.15, -0.1) is 6.58 Å². The second-order valence-corrected chi connectivity index (χ2v) is 6.53. The van der Waals surface area contributed by atoms with E-state index in [1.54, 1.807) is 7.11 Å². The van der Waals surface area contributed by atoms with E-state index in [9.17, 15) is 0 Å². The molecule has 1 N–H and O–H groups in total. The zero-order valence-electron chi connectivity index (χ0n) is 12.1. The van der Waals surface area contributed by atoms with E-state index < -0.39 is 0 Å².